The van der Waals surface area contributed by atoms with Gasteiger partial charge in [0.15, 0.2) is 18.3 Å². The van der Waals surface area contributed by atoms with Gasteiger partial charge in [-0.2, -0.15) is 0 Å². The number of fused-ring (bicyclic) bond motifs is 1. The van der Waals surface area contributed by atoms with Crippen LogP contribution in [0.4, 0.5) is 10.3 Å². The number of piperazine rings is 1. The number of aliphatic imine (C=N–C) groups is 2. The lowest BCUT2D eigenvalue weighted by molar-refractivity contribution is 0.214. The number of nitrogens with one attached hydrogen (secondary N) is 2. The predicted molar refractivity (Wildman–Crippen MR) is 135 cm³/mol. The lowest BCUT2D eigenvalue weighted by Crippen LogP contribution is -2.47. The van der Waals surface area contributed by atoms with Crippen molar-refractivity contribution in [3.63, 3.8) is 0 Å². The highest BCUT2D eigenvalue weighted by Gasteiger charge is 2.27. The molecule has 1 aromatic carbocycles. The van der Waals surface area contributed by atoms with Gasteiger partial charge in [-0.15, -0.1) is 0 Å². The van der Waals surface area contributed by atoms with E-state index in [1.807, 2.05) is 19.1 Å². The number of amidine groups is 1. The monoisotopic (exact) mass is 479 g/mol. The van der Waals surface area contributed by atoms with Crippen LogP contribution in [0.1, 0.15) is 30.1 Å². The van der Waals surface area contributed by atoms with Gasteiger partial charge in [-0.3, -0.25) is 0 Å². The molecule has 0 spiro atoms. The molecule has 2 fully saturated rings. The van der Waals surface area contributed by atoms with E-state index in [0.29, 0.717) is 23.5 Å². The summed E-state index contributed by atoms with van der Waals surface area (Å²) in [6, 6.07) is 6.98. The lowest BCUT2D eigenvalue weighted by Gasteiger charge is -2.33. The smallest absolute Gasteiger partial charge is 0.230 e. The highest BCUT2D eigenvalue weighted by atomic mass is 19.1. The van der Waals surface area contributed by atoms with Gasteiger partial charge < -0.3 is 29.4 Å². The minimum atomic E-state index is -0.432. The van der Waals surface area contributed by atoms with Crippen molar-refractivity contribution in [2.45, 2.75) is 25.7 Å². The van der Waals surface area contributed by atoms with Crippen LogP contribution in [0.3, 0.4) is 0 Å². The van der Waals surface area contributed by atoms with Crippen LogP contribution in [0.5, 0.6) is 5.75 Å². The van der Waals surface area contributed by atoms with Crippen LogP contribution in [0, 0.1) is 12.7 Å². The number of benzene rings is 1. The van der Waals surface area contributed by atoms with Crippen molar-refractivity contribution in [1.29, 1.82) is 0 Å². The molecule has 1 saturated carbocycles. The van der Waals surface area contributed by atoms with Crippen molar-refractivity contribution in [2.75, 3.05) is 45.3 Å². The molecule has 2 aliphatic rings. The Balaban J connectivity index is 1.34. The molecule has 9 nitrogen and oxygen atoms in total. The van der Waals surface area contributed by atoms with Crippen molar-refractivity contribution in [3.8, 4) is 5.75 Å². The molecule has 3 heterocycles. The number of ether oxygens (including phenoxy) is 1. The highest BCUT2D eigenvalue weighted by Crippen LogP contribution is 2.40. The van der Waals surface area contributed by atoms with Crippen molar-refractivity contribution >= 4 is 29.3 Å². The van der Waals surface area contributed by atoms with Gasteiger partial charge in [0.1, 0.15) is 11.7 Å². The first kappa shape index (κ1) is 23.1. The van der Waals surface area contributed by atoms with Crippen molar-refractivity contribution < 1.29 is 13.7 Å². The molecule has 1 aliphatic heterocycles. The lowest BCUT2D eigenvalue weighted by atomic mass is 10.2. The van der Waals surface area contributed by atoms with E-state index in [-0.39, 0.29) is 12.5 Å². The number of anilines is 1. The molecule has 0 radical (unpaired) electrons. The first-order valence-electron chi connectivity index (χ1n) is 11.8. The summed E-state index contributed by atoms with van der Waals surface area (Å²) in [6.07, 6.45) is 4.09. The summed E-state index contributed by atoms with van der Waals surface area (Å²) >= 11 is 0. The second-order valence-electron chi connectivity index (χ2n) is 9.11. The molecule has 0 amide bonds. The second kappa shape index (κ2) is 9.91. The number of H-pyrrole nitrogens is 1. The molecule has 184 valence electrons. The second-order valence-corrected chi connectivity index (χ2v) is 9.11. The molecule has 5 rings (SSSR count). The molecule has 10 heteroatoms. The quantitative estimate of drug-likeness (QED) is 0.373. The average Bonchev–Trinajstić information content (AvgIpc) is 3.48. The number of aromatic amines is 1. The van der Waals surface area contributed by atoms with Gasteiger partial charge in [-0.05, 0) is 45.7 Å². The van der Waals surface area contributed by atoms with Gasteiger partial charge in [0, 0.05) is 66.9 Å². The molecular formula is C25H30FN7O2. The summed E-state index contributed by atoms with van der Waals surface area (Å²) in [6.45, 7) is 8.99. The summed E-state index contributed by atoms with van der Waals surface area (Å²) in [4.78, 5) is 16.3. The fraction of sp³-hybridized carbons (Fsp3) is 0.400. The molecule has 35 heavy (non-hydrogen) atoms. The zero-order chi connectivity index (χ0) is 24.4. The van der Waals surface area contributed by atoms with Crippen LogP contribution in [0.2, 0.25) is 0 Å². The van der Waals surface area contributed by atoms with Crippen molar-refractivity contribution in [2.24, 2.45) is 9.98 Å². The number of halogens is 1. The average molecular weight is 480 g/mol. The minimum Gasteiger partial charge on any atom is -0.468 e. The summed E-state index contributed by atoms with van der Waals surface area (Å²) in [5.41, 5.74) is 2.65. The third-order valence-electron chi connectivity index (χ3n) is 6.29. The first-order valence-corrected chi connectivity index (χ1v) is 11.8. The van der Waals surface area contributed by atoms with Gasteiger partial charge in [0.05, 0.1) is 5.69 Å². The first-order chi connectivity index (χ1) is 17.0. The van der Waals surface area contributed by atoms with Gasteiger partial charge >= 0.3 is 0 Å². The Hall–Kier alpha value is -3.66. The molecule has 0 atom stereocenters. The van der Waals surface area contributed by atoms with E-state index in [2.05, 4.69) is 49.0 Å². The van der Waals surface area contributed by atoms with Crippen LogP contribution in [-0.4, -0.2) is 72.5 Å². The maximum atomic E-state index is 14.6. The minimum absolute atomic E-state index is 0.0391. The maximum Gasteiger partial charge on any atom is 0.230 e. The Morgan fingerprint density at radius 1 is 1.29 bits per heavy atom. The number of rotatable bonds is 8. The van der Waals surface area contributed by atoms with Crippen LogP contribution < -0.4 is 10.1 Å². The Kier molecular flexibility index (Phi) is 6.54. The molecule has 0 unspecified atom stereocenters. The van der Waals surface area contributed by atoms with E-state index in [1.165, 1.54) is 6.07 Å². The van der Waals surface area contributed by atoms with E-state index in [4.69, 9.17) is 9.26 Å². The van der Waals surface area contributed by atoms with Gasteiger partial charge in [0.25, 0.3) is 0 Å². The molecular weight excluding hydrogens is 449 g/mol. The zero-order valence-corrected chi connectivity index (χ0v) is 20.1. The van der Waals surface area contributed by atoms with Gasteiger partial charge in [-0.25, -0.2) is 14.4 Å². The zero-order valence-electron chi connectivity index (χ0n) is 20.1. The van der Waals surface area contributed by atoms with Crippen LogP contribution in [0.25, 0.3) is 10.9 Å². The molecule has 0 bridgehead atoms. The number of nitrogens with zero attached hydrogens (tertiary/aromatic N) is 5. The van der Waals surface area contributed by atoms with E-state index >= 15 is 0 Å². The van der Waals surface area contributed by atoms with Crippen LogP contribution in [0.15, 0.2) is 50.7 Å². The summed E-state index contributed by atoms with van der Waals surface area (Å²) in [5, 5.41) is 8.15. The Labute approximate surface area is 203 Å². The molecule has 3 aromatic rings. The number of likely N-dealkylation sites (N-methyl/N-ethyl adjacent to an activating group) is 1. The largest absolute Gasteiger partial charge is 0.468 e. The van der Waals surface area contributed by atoms with Crippen molar-refractivity contribution in [3.05, 3.63) is 53.4 Å². The standard InChI is InChI=1S/C25H30FN7O2/c1-16-10-18-11-22(19(26)12-20(18)29-16)34-15-28-24(33-8-6-32(3)7-9-33)14-23(27-2)30-25-13-21(31-35-25)17-4-5-17/h10-14,17,29-30H,2,4-9,15H2,1,3H3/b23-14+,28-24+. The molecule has 2 aromatic heterocycles. The molecule has 1 saturated heterocycles. The third kappa shape index (κ3) is 5.54. The fourth-order valence-electron chi connectivity index (χ4n) is 4.12. The van der Waals surface area contributed by atoms with Gasteiger partial charge in [-0.1, -0.05) is 5.16 Å². The maximum absolute atomic E-state index is 14.6. The van der Waals surface area contributed by atoms with E-state index in [1.54, 1.807) is 12.1 Å². The Morgan fingerprint density at radius 3 is 2.83 bits per heavy atom. The van der Waals surface area contributed by atoms with E-state index < -0.39 is 5.82 Å². The van der Waals surface area contributed by atoms with Gasteiger partial charge in [0.2, 0.25) is 5.88 Å². The van der Waals surface area contributed by atoms with Crippen LogP contribution >= 0.6 is 0 Å². The molecule has 1 aliphatic carbocycles. The summed E-state index contributed by atoms with van der Waals surface area (Å²) in [5.74, 6) is 1.89. The number of hydrogen-bond acceptors (Lipinski definition) is 7. The fourth-order valence-corrected chi connectivity index (χ4v) is 4.12. The molecule has 2 N–H and O–H groups in total. The van der Waals surface area contributed by atoms with Crippen molar-refractivity contribution in [1.82, 2.24) is 19.9 Å². The normalized spacial score (nSPS) is 17.7. The van der Waals surface area contributed by atoms with E-state index in [9.17, 15) is 4.39 Å². The summed E-state index contributed by atoms with van der Waals surface area (Å²) in [7, 11) is 2.09. The van der Waals surface area contributed by atoms with E-state index in [0.717, 1.165) is 61.3 Å². The highest BCUT2D eigenvalue weighted by molar-refractivity contribution is 5.94. The summed E-state index contributed by atoms with van der Waals surface area (Å²) < 4.78 is 25.7. The Morgan fingerprint density at radius 2 is 2.09 bits per heavy atom. The van der Waals surface area contributed by atoms with Crippen LogP contribution in [-0.2, 0) is 0 Å². The third-order valence-corrected chi connectivity index (χ3v) is 6.29. The number of hydrogen-bond donors (Lipinski definition) is 2. The topological polar surface area (TPSA) is 94.3 Å². The predicted octanol–water partition coefficient (Wildman–Crippen LogP) is 4.12. The number of aromatic nitrogens is 2. The SMILES string of the molecule is C=N/C(=C\C(=N/COc1cc2cc(C)[nH]c2cc1F)N1CCN(C)CC1)Nc1cc(C2CC2)no1. The Bertz CT molecular complexity index is 1270. The number of aryl methyl sites for hydroxylation is 1.